The van der Waals surface area contributed by atoms with Crippen LogP contribution in [-0.2, 0) is 0 Å². The lowest BCUT2D eigenvalue weighted by Gasteiger charge is -2.19. The van der Waals surface area contributed by atoms with Crippen molar-refractivity contribution in [2.45, 2.75) is 19.3 Å². The van der Waals surface area contributed by atoms with E-state index in [2.05, 4.69) is 12.1 Å². The molecule has 11 heavy (non-hydrogen) atoms. The first-order valence-electron chi connectivity index (χ1n) is 4.16. The van der Waals surface area contributed by atoms with E-state index in [1.165, 1.54) is 12.8 Å². The van der Waals surface area contributed by atoms with Crippen molar-refractivity contribution < 1.29 is 0 Å². The van der Waals surface area contributed by atoms with Crippen LogP contribution in [0.25, 0.3) is 0 Å². The monoisotopic (exact) mass is 146 g/mol. The molecule has 0 unspecified atom stereocenters. The zero-order valence-corrected chi connectivity index (χ0v) is 6.33. The number of nitrogens with zero attached hydrogens (tertiary/aromatic N) is 2. The van der Waals surface area contributed by atoms with Crippen LogP contribution >= 0.6 is 0 Å². The summed E-state index contributed by atoms with van der Waals surface area (Å²) in [7, 11) is 0. The average molecular weight is 146 g/mol. The van der Waals surface area contributed by atoms with Crippen LogP contribution in [0.15, 0.2) is 0 Å². The molecule has 0 N–H and O–H groups in total. The Bertz CT molecular complexity index is 219. The fourth-order valence-electron chi connectivity index (χ4n) is 2.66. The number of hydrogen-bond donors (Lipinski definition) is 0. The smallest absolute Gasteiger partial charge is 0.0672 e. The van der Waals surface area contributed by atoms with Gasteiger partial charge in [-0.05, 0) is 31.1 Å². The van der Waals surface area contributed by atoms with Gasteiger partial charge in [-0.1, -0.05) is 0 Å². The number of hydrogen-bond acceptors (Lipinski definition) is 2. The molecule has 0 radical (unpaired) electrons. The standard InChI is InChI=1S/C9H10N2/c10-4-8-6-1-2-7(3-6)9(8)5-11/h6-9H,1-3H2/t6-,7-,8-,9+/m0/s1. The predicted octanol–water partition coefficient (Wildman–Crippen LogP) is 1.70. The lowest BCUT2D eigenvalue weighted by atomic mass is 9.81. The third-order valence-corrected chi connectivity index (χ3v) is 3.21. The van der Waals surface area contributed by atoms with Crippen molar-refractivity contribution in [1.82, 2.24) is 0 Å². The topological polar surface area (TPSA) is 47.6 Å². The van der Waals surface area contributed by atoms with E-state index >= 15 is 0 Å². The molecule has 0 aromatic carbocycles. The lowest BCUT2D eigenvalue weighted by Crippen LogP contribution is -2.19. The van der Waals surface area contributed by atoms with E-state index in [1.807, 2.05) is 0 Å². The highest BCUT2D eigenvalue weighted by Crippen LogP contribution is 2.51. The first-order valence-corrected chi connectivity index (χ1v) is 4.16. The molecule has 2 saturated carbocycles. The molecule has 0 saturated heterocycles. The van der Waals surface area contributed by atoms with E-state index in [4.69, 9.17) is 10.5 Å². The van der Waals surface area contributed by atoms with Crippen LogP contribution in [0.5, 0.6) is 0 Å². The Morgan fingerprint density at radius 1 is 0.909 bits per heavy atom. The summed E-state index contributed by atoms with van der Waals surface area (Å²) >= 11 is 0. The van der Waals surface area contributed by atoms with Gasteiger partial charge >= 0.3 is 0 Å². The SMILES string of the molecule is N#C[C@@H]1[C@H]2CC[C@@H](C2)[C@@H]1C#N. The van der Waals surface area contributed by atoms with Crippen LogP contribution in [0.3, 0.4) is 0 Å². The van der Waals surface area contributed by atoms with Crippen molar-refractivity contribution >= 4 is 0 Å². The third-order valence-electron chi connectivity index (χ3n) is 3.21. The molecule has 0 aromatic rings. The van der Waals surface area contributed by atoms with Crippen molar-refractivity contribution in [3.63, 3.8) is 0 Å². The Hall–Kier alpha value is -1.02. The van der Waals surface area contributed by atoms with Gasteiger partial charge in [0.15, 0.2) is 0 Å². The summed E-state index contributed by atoms with van der Waals surface area (Å²) in [6.45, 7) is 0. The first kappa shape index (κ1) is 6.68. The Morgan fingerprint density at radius 3 is 1.73 bits per heavy atom. The molecule has 2 nitrogen and oxygen atoms in total. The van der Waals surface area contributed by atoms with E-state index < -0.39 is 0 Å². The number of nitriles is 2. The zero-order chi connectivity index (χ0) is 7.84. The van der Waals surface area contributed by atoms with E-state index in [-0.39, 0.29) is 11.8 Å². The first-order chi connectivity index (χ1) is 5.36. The molecule has 0 aliphatic heterocycles. The summed E-state index contributed by atoms with van der Waals surface area (Å²) in [5.41, 5.74) is 0. The van der Waals surface area contributed by atoms with E-state index in [9.17, 15) is 0 Å². The van der Waals surface area contributed by atoms with Gasteiger partial charge in [0, 0.05) is 0 Å². The highest BCUT2D eigenvalue weighted by atomic mass is 14.5. The van der Waals surface area contributed by atoms with Gasteiger partial charge < -0.3 is 0 Å². The normalized spacial score (nSPS) is 46.7. The van der Waals surface area contributed by atoms with Crippen LogP contribution in [0, 0.1) is 46.3 Å². The minimum absolute atomic E-state index is 0.0544. The molecular weight excluding hydrogens is 136 g/mol. The van der Waals surface area contributed by atoms with Gasteiger partial charge in [0.1, 0.15) is 0 Å². The molecule has 0 amide bonds. The average Bonchev–Trinajstić information content (AvgIpc) is 2.60. The molecule has 2 aliphatic carbocycles. The molecule has 4 atom stereocenters. The third kappa shape index (κ3) is 0.761. The maximum atomic E-state index is 8.79. The van der Waals surface area contributed by atoms with E-state index in [1.54, 1.807) is 0 Å². The Morgan fingerprint density at radius 2 is 1.36 bits per heavy atom. The van der Waals surface area contributed by atoms with Gasteiger partial charge in [-0.25, -0.2) is 0 Å². The van der Waals surface area contributed by atoms with Gasteiger partial charge in [0.25, 0.3) is 0 Å². The minimum Gasteiger partial charge on any atom is -0.198 e. The van der Waals surface area contributed by atoms with Crippen LogP contribution in [0.4, 0.5) is 0 Å². The molecule has 0 aromatic heterocycles. The maximum absolute atomic E-state index is 8.79. The highest BCUT2D eigenvalue weighted by molar-refractivity contribution is 5.11. The fourth-order valence-corrected chi connectivity index (χ4v) is 2.66. The predicted molar refractivity (Wildman–Crippen MR) is 39.0 cm³/mol. The van der Waals surface area contributed by atoms with E-state index in [0.29, 0.717) is 11.8 Å². The Labute approximate surface area is 66.4 Å². The van der Waals surface area contributed by atoms with Gasteiger partial charge in [0.2, 0.25) is 0 Å². The largest absolute Gasteiger partial charge is 0.198 e. The molecule has 2 rings (SSSR count). The molecule has 2 heteroatoms. The van der Waals surface area contributed by atoms with Crippen LogP contribution in [0.1, 0.15) is 19.3 Å². The van der Waals surface area contributed by atoms with Crippen molar-refractivity contribution in [3.8, 4) is 12.1 Å². The second-order valence-corrected chi connectivity index (χ2v) is 3.64. The summed E-state index contributed by atoms with van der Waals surface area (Å²) < 4.78 is 0. The van der Waals surface area contributed by atoms with Crippen molar-refractivity contribution in [3.05, 3.63) is 0 Å². The van der Waals surface area contributed by atoms with Crippen LogP contribution in [-0.4, -0.2) is 0 Å². The zero-order valence-electron chi connectivity index (χ0n) is 6.33. The molecule has 0 heterocycles. The van der Waals surface area contributed by atoms with Crippen LogP contribution in [0.2, 0.25) is 0 Å². The number of rotatable bonds is 0. The highest BCUT2D eigenvalue weighted by Gasteiger charge is 2.47. The van der Waals surface area contributed by atoms with Gasteiger partial charge in [-0.2, -0.15) is 10.5 Å². The summed E-state index contributed by atoms with van der Waals surface area (Å²) in [4.78, 5) is 0. The molecule has 2 bridgehead atoms. The van der Waals surface area contributed by atoms with E-state index in [0.717, 1.165) is 6.42 Å². The lowest BCUT2D eigenvalue weighted by molar-refractivity contribution is 0.332. The quantitative estimate of drug-likeness (QED) is 0.522. The molecular formula is C9H10N2. The minimum atomic E-state index is 0.0544. The van der Waals surface area contributed by atoms with Crippen molar-refractivity contribution in [1.29, 1.82) is 10.5 Å². The number of fused-ring (bicyclic) bond motifs is 2. The molecule has 2 aliphatic rings. The molecule has 56 valence electrons. The van der Waals surface area contributed by atoms with Crippen molar-refractivity contribution in [2.75, 3.05) is 0 Å². The Balaban J connectivity index is 2.24. The summed E-state index contributed by atoms with van der Waals surface area (Å²) in [6, 6.07) is 4.55. The molecule has 2 fully saturated rings. The summed E-state index contributed by atoms with van der Waals surface area (Å²) in [5, 5.41) is 17.6. The van der Waals surface area contributed by atoms with Crippen molar-refractivity contribution in [2.24, 2.45) is 23.7 Å². The van der Waals surface area contributed by atoms with Gasteiger partial charge in [-0.3, -0.25) is 0 Å². The maximum Gasteiger partial charge on any atom is 0.0672 e. The van der Waals surface area contributed by atoms with Gasteiger partial charge in [-0.15, -0.1) is 0 Å². The molecule has 0 spiro atoms. The second kappa shape index (κ2) is 2.24. The van der Waals surface area contributed by atoms with Crippen LogP contribution < -0.4 is 0 Å². The fraction of sp³-hybridized carbons (Fsp3) is 0.778. The summed E-state index contributed by atoms with van der Waals surface area (Å²) in [5.74, 6) is 1.21. The van der Waals surface area contributed by atoms with Gasteiger partial charge in [0.05, 0.1) is 24.0 Å². The second-order valence-electron chi connectivity index (χ2n) is 3.64. The Kier molecular flexibility index (Phi) is 1.36. The summed E-state index contributed by atoms with van der Waals surface area (Å²) in [6.07, 6.45) is 3.50.